The maximum Gasteiger partial charge on any atom is 0.123 e. The molecule has 0 amide bonds. The Morgan fingerprint density at radius 3 is 2.55 bits per heavy atom. The lowest BCUT2D eigenvalue weighted by atomic mass is 10.1. The van der Waals surface area contributed by atoms with Crippen LogP contribution in [0.5, 0.6) is 0 Å². The van der Waals surface area contributed by atoms with Crippen LogP contribution < -0.4 is 11.1 Å². The number of nitrogens with two attached hydrogens (primary N) is 1. The Bertz CT molecular complexity index is 622. The van der Waals surface area contributed by atoms with Gasteiger partial charge in [0.25, 0.3) is 0 Å². The number of hydrogen-bond acceptors (Lipinski definition) is 2. The third kappa shape index (κ3) is 3.73. The van der Waals surface area contributed by atoms with Gasteiger partial charge in [0, 0.05) is 21.2 Å². The molecule has 106 valence electrons. The van der Waals surface area contributed by atoms with E-state index in [1.54, 1.807) is 12.1 Å². The fourth-order valence-electron chi connectivity index (χ4n) is 1.83. The lowest BCUT2D eigenvalue weighted by molar-refractivity contribution is 0.621. The number of anilines is 1. The molecule has 0 bridgehead atoms. The highest BCUT2D eigenvalue weighted by molar-refractivity contribution is 9.10. The topological polar surface area (TPSA) is 38.0 Å². The Morgan fingerprint density at radius 2 is 1.90 bits per heavy atom. The van der Waals surface area contributed by atoms with Gasteiger partial charge in [0.1, 0.15) is 5.82 Å². The molecule has 3 N–H and O–H groups in total. The van der Waals surface area contributed by atoms with Gasteiger partial charge in [0.05, 0.1) is 11.1 Å². The van der Waals surface area contributed by atoms with E-state index in [9.17, 15) is 4.39 Å². The van der Waals surface area contributed by atoms with Gasteiger partial charge < -0.3 is 11.1 Å². The first-order valence-electron chi connectivity index (χ1n) is 5.88. The Labute approximate surface area is 138 Å². The fourth-order valence-corrected chi connectivity index (χ4v) is 2.85. The summed E-state index contributed by atoms with van der Waals surface area (Å²) in [6, 6.07) is 9.84. The van der Waals surface area contributed by atoms with Gasteiger partial charge in [0.2, 0.25) is 0 Å². The Morgan fingerprint density at radius 1 is 1.15 bits per heavy atom. The van der Waals surface area contributed by atoms with Gasteiger partial charge in [-0.2, -0.15) is 0 Å². The molecule has 0 aliphatic heterocycles. The minimum atomic E-state index is -0.291. The van der Waals surface area contributed by atoms with Crippen LogP contribution in [0.4, 0.5) is 10.1 Å². The summed E-state index contributed by atoms with van der Waals surface area (Å²) in [7, 11) is 0. The molecule has 0 spiro atoms. The maximum absolute atomic E-state index is 13.4. The summed E-state index contributed by atoms with van der Waals surface area (Å²) in [4.78, 5) is 0. The third-order valence-electron chi connectivity index (χ3n) is 2.83. The Hall–Kier alpha value is -0.620. The molecule has 0 heterocycles. The summed E-state index contributed by atoms with van der Waals surface area (Å²) in [6.45, 7) is 0.336. The van der Waals surface area contributed by atoms with Gasteiger partial charge in [-0.05, 0) is 57.9 Å². The van der Waals surface area contributed by atoms with Gasteiger partial charge >= 0.3 is 0 Å². The molecule has 0 aromatic heterocycles. The molecule has 0 radical (unpaired) electrons. The van der Waals surface area contributed by atoms with E-state index in [1.807, 2.05) is 12.1 Å². The molecular formula is C14H12Br2ClFN2. The van der Waals surface area contributed by atoms with Crippen molar-refractivity contribution < 1.29 is 4.39 Å². The predicted molar refractivity (Wildman–Crippen MR) is 88.7 cm³/mol. The van der Waals surface area contributed by atoms with Crippen LogP contribution in [0, 0.1) is 5.82 Å². The van der Waals surface area contributed by atoms with Crippen molar-refractivity contribution in [2.24, 2.45) is 5.73 Å². The van der Waals surface area contributed by atoms with Crippen LogP contribution in [-0.4, -0.2) is 6.54 Å². The van der Waals surface area contributed by atoms with Gasteiger partial charge in [-0.25, -0.2) is 4.39 Å². The highest BCUT2D eigenvalue weighted by atomic mass is 79.9. The van der Waals surface area contributed by atoms with E-state index in [0.717, 1.165) is 20.2 Å². The first-order chi connectivity index (χ1) is 9.51. The molecule has 1 unspecified atom stereocenters. The van der Waals surface area contributed by atoms with Crippen LogP contribution in [0.3, 0.4) is 0 Å². The molecular weight excluding hydrogens is 410 g/mol. The minimum absolute atomic E-state index is 0.201. The number of rotatable bonds is 4. The van der Waals surface area contributed by atoms with Crippen LogP contribution in [0.1, 0.15) is 11.6 Å². The second kappa shape index (κ2) is 6.89. The predicted octanol–water partition coefficient (Wildman–Crippen LogP) is 5.12. The summed E-state index contributed by atoms with van der Waals surface area (Å²) in [6.07, 6.45) is 0. The van der Waals surface area contributed by atoms with Gasteiger partial charge in [-0.3, -0.25) is 0 Å². The summed E-state index contributed by atoms with van der Waals surface area (Å²) in [5, 5.41) is 3.90. The molecule has 2 nitrogen and oxygen atoms in total. The van der Waals surface area contributed by atoms with Crippen molar-refractivity contribution in [2.75, 3.05) is 11.9 Å². The van der Waals surface area contributed by atoms with Crippen LogP contribution in [-0.2, 0) is 0 Å². The van der Waals surface area contributed by atoms with Crippen LogP contribution in [0.15, 0.2) is 45.3 Å². The molecule has 2 aromatic rings. The molecule has 0 aliphatic rings. The smallest absolute Gasteiger partial charge is 0.123 e. The maximum atomic E-state index is 13.4. The molecule has 2 aromatic carbocycles. The van der Waals surface area contributed by atoms with E-state index in [4.69, 9.17) is 17.3 Å². The van der Waals surface area contributed by atoms with Gasteiger partial charge in [-0.1, -0.05) is 27.5 Å². The fraction of sp³-hybridized carbons (Fsp3) is 0.143. The average molecular weight is 423 g/mol. The van der Waals surface area contributed by atoms with E-state index < -0.39 is 0 Å². The highest BCUT2D eigenvalue weighted by Gasteiger charge is 2.14. The van der Waals surface area contributed by atoms with Crippen LogP contribution in [0.25, 0.3) is 0 Å². The first-order valence-corrected chi connectivity index (χ1v) is 7.84. The summed E-state index contributed by atoms with van der Waals surface area (Å²) < 4.78 is 15.0. The zero-order chi connectivity index (χ0) is 14.7. The van der Waals surface area contributed by atoms with Crippen molar-refractivity contribution in [3.63, 3.8) is 0 Å². The van der Waals surface area contributed by atoms with E-state index >= 15 is 0 Å². The van der Waals surface area contributed by atoms with E-state index in [2.05, 4.69) is 37.2 Å². The molecule has 0 fully saturated rings. The number of halogens is 4. The lowest BCUT2D eigenvalue weighted by Gasteiger charge is -2.20. The second-order valence-corrected chi connectivity index (χ2v) is 6.34. The van der Waals surface area contributed by atoms with E-state index in [-0.39, 0.29) is 11.9 Å². The highest BCUT2D eigenvalue weighted by Crippen LogP contribution is 2.30. The summed E-state index contributed by atoms with van der Waals surface area (Å²) in [5.41, 5.74) is 7.43. The standard InChI is InChI=1S/C14H12Br2ClFN2/c15-11-3-1-8(18)5-10(11)14(7-19)20-9-2-4-13(17)12(16)6-9/h1-6,14,20H,7,19H2. The third-order valence-corrected chi connectivity index (χ3v) is 4.77. The van der Waals surface area contributed by atoms with Crippen molar-refractivity contribution in [3.8, 4) is 0 Å². The van der Waals surface area contributed by atoms with Crippen molar-refractivity contribution >= 4 is 49.1 Å². The molecule has 20 heavy (non-hydrogen) atoms. The van der Waals surface area contributed by atoms with Gasteiger partial charge in [-0.15, -0.1) is 0 Å². The van der Waals surface area contributed by atoms with Crippen molar-refractivity contribution in [1.82, 2.24) is 0 Å². The van der Waals surface area contributed by atoms with Gasteiger partial charge in [0.15, 0.2) is 0 Å². The molecule has 6 heteroatoms. The Balaban J connectivity index is 2.28. The molecule has 0 aliphatic carbocycles. The average Bonchev–Trinajstić information content (AvgIpc) is 2.43. The summed E-state index contributed by atoms with van der Waals surface area (Å²) >= 11 is 12.7. The van der Waals surface area contributed by atoms with E-state index in [1.165, 1.54) is 12.1 Å². The molecule has 2 rings (SSSR count). The molecule has 0 saturated heterocycles. The number of benzene rings is 2. The summed E-state index contributed by atoms with van der Waals surface area (Å²) in [5.74, 6) is -0.291. The van der Waals surface area contributed by atoms with Crippen molar-refractivity contribution in [1.29, 1.82) is 0 Å². The normalized spacial score (nSPS) is 12.2. The number of hydrogen-bond donors (Lipinski definition) is 2. The quantitative estimate of drug-likeness (QED) is 0.718. The second-order valence-electron chi connectivity index (χ2n) is 4.23. The lowest BCUT2D eigenvalue weighted by Crippen LogP contribution is -2.21. The zero-order valence-electron chi connectivity index (χ0n) is 10.3. The number of nitrogens with one attached hydrogen (secondary N) is 1. The van der Waals surface area contributed by atoms with Crippen LogP contribution >= 0.6 is 43.5 Å². The largest absolute Gasteiger partial charge is 0.377 e. The molecule has 0 saturated carbocycles. The molecule has 1 atom stereocenters. The van der Waals surface area contributed by atoms with Crippen LogP contribution in [0.2, 0.25) is 5.02 Å². The monoisotopic (exact) mass is 420 g/mol. The van der Waals surface area contributed by atoms with E-state index in [0.29, 0.717) is 11.6 Å². The SMILES string of the molecule is NCC(Nc1ccc(Cl)c(Br)c1)c1cc(F)ccc1Br. The minimum Gasteiger partial charge on any atom is -0.377 e. The zero-order valence-corrected chi connectivity index (χ0v) is 14.3. The first kappa shape index (κ1) is 15.8. The Kier molecular flexibility index (Phi) is 5.43. The van der Waals surface area contributed by atoms with Crippen molar-refractivity contribution in [2.45, 2.75) is 6.04 Å². The van der Waals surface area contributed by atoms with Crippen molar-refractivity contribution in [3.05, 3.63) is 61.7 Å².